The zero-order chi connectivity index (χ0) is 13.9. The Balaban J connectivity index is 1.89. The van der Waals surface area contributed by atoms with Crippen LogP contribution in [0.25, 0.3) is 0 Å². The summed E-state index contributed by atoms with van der Waals surface area (Å²) in [6.07, 6.45) is 1.20. The summed E-state index contributed by atoms with van der Waals surface area (Å²) in [5.74, 6) is 6.33. The van der Waals surface area contributed by atoms with E-state index in [1.54, 1.807) is 12.1 Å². The molecule has 0 heterocycles. The Labute approximate surface area is 114 Å². The largest absolute Gasteiger partial charge is 0.352 e. The lowest BCUT2D eigenvalue weighted by molar-refractivity contribution is 0.0950. The normalized spacial score (nSPS) is 19.2. The topological polar surface area (TPSA) is 55.1 Å². The zero-order valence-electron chi connectivity index (χ0n) is 11.5. The number of hydrogen-bond acceptors (Lipinski definition) is 2. The molecule has 1 amide bonds. The number of nitrogens with one attached hydrogen (secondary N) is 1. The van der Waals surface area contributed by atoms with Crippen molar-refractivity contribution >= 4 is 5.91 Å². The van der Waals surface area contributed by atoms with Gasteiger partial charge in [0.25, 0.3) is 5.91 Å². The van der Waals surface area contributed by atoms with Gasteiger partial charge in [-0.25, -0.2) is 0 Å². The number of rotatable bonds is 3. The van der Waals surface area contributed by atoms with Crippen molar-refractivity contribution in [1.82, 2.24) is 5.32 Å². The smallest absolute Gasteiger partial charge is 0.251 e. The minimum absolute atomic E-state index is 0.0129. The molecule has 0 spiro atoms. The lowest BCUT2D eigenvalue weighted by Crippen LogP contribution is -2.26. The van der Waals surface area contributed by atoms with Gasteiger partial charge in [-0.05, 0) is 42.0 Å². The van der Waals surface area contributed by atoms with Gasteiger partial charge in [0.15, 0.2) is 0 Å². The van der Waals surface area contributed by atoms with Crippen LogP contribution in [-0.2, 0) is 0 Å². The molecule has 2 rings (SSSR count). The quantitative estimate of drug-likeness (QED) is 0.810. The third-order valence-corrected chi connectivity index (χ3v) is 3.71. The third kappa shape index (κ3) is 3.59. The van der Waals surface area contributed by atoms with E-state index in [-0.39, 0.29) is 5.91 Å². The van der Waals surface area contributed by atoms with Gasteiger partial charge in [0.2, 0.25) is 0 Å². The van der Waals surface area contributed by atoms with Crippen LogP contribution in [0.3, 0.4) is 0 Å². The molecule has 1 aliphatic carbocycles. The van der Waals surface area contributed by atoms with E-state index in [0.717, 1.165) is 12.1 Å². The van der Waals surface area contributed by atoms with Crippen molar-refractivity contribution in [3.63, 3.8) is 0 Å². The summed E-state index contributed by atoms with van der Waals surface area (Å²) >= 11 is 0. The first kappa shape index (κ1) is 13.6. The zero-order valence-corrected chi connectivity index (χ0v) is 11.5. The van der Waals surface area contributed by atoms with Crippen LogP contribution >= 0.6 is 0 Å². The lowest BCUT2D eigenvalue weighted by atomic mass is 10.1. The minimum atomic E-state index is -0.0129. The molecule has 0 aliphatic heterocycles. The summed E-state index contributed by atoms with van der Waals surface area (Å²) in [7, 11) is 0. The van der Waals surface area contributed by atoms with Crippen LogP contribution in [0.2, 0.25) is 0 Å². The van der Waals surface area contributed by atoms with Crippen LogP contribution < -0.4 is 11.1 Å². The van der Waals surface area contributed by atoms with Gasteiger partial charge in [-0.1, -0.05) is 25.7 Å². The molecular weight excluding hydrogens is 236 g/mol. The predicted molar refractivity (Wildman–Crippen MR) is 76.6 cm³/mol. The third-order valence-electron chi connectivity index (χ3n) is 3.71. The van der Waals surface area contributed by atoms with Crippen molar-refractivity contribution in [3.05, 3.63) is 35.4 Å². The lowest BCUT2D eigenvalue weighted by Gasteiger charge is -2.06. The Morgan fingerprint density at radius 2 is 2.05 bits per heavy atom. The molecule has 3 heteroatoms. The van der Waals surface area contributed by atoms with Crippen LogP contribution in [0.15, 0.2) is 24.3 Å². The molecule has 0 radical (unpaired) electrons. The van der Waals surface area contributed by atoms with E-state index in [1.807, 2.05) is 12.1 Å². The molecule has 1 aliphatic rings. The average Bonchev–Trinajstić information content (AvgIpc) is 3.02. The van der Waals surface area contributed by atoms with Gasteiger partial charge in [0.1, 0.15) is 0 Å². The van der Waals surface area contributed by atoms with Crippen LogP contribution in [0.4, 0.5) is 0 Å². The molecule has 19 heavy (non-hydrogen) atoms. The fourth-order valence-electron chi connectivity index (χ4n) is 2.10. The van der Waals surface area contributed by atoms with Gasteiger partial charge in [-0.15, -0.1) is 0 Å². The van der Waals surface area contributed by atoms with Gasteiger partial charge < -0.3 is 11.1 Å². The van der Waals surface area contributed by atoms with Crippen molar-refractivity contribution < 1.29 is 4.79 Å². The van der Waals surface area contributed by atoms with E-state index >= 15 is 0 Å². The Hall–Kier alpha value is -1.79. The summed E-state index contributed by atoms with van der Waals surface area (Å²) in [4.78, 5) is 11.9. The van der Waals surface area contributed by atoms with Crippen LogP contribution in [-0.4, -0.2) is 19.0 Å². The van der Waals surface area contributed by atoms with E-state index in [0.29, 0.717) is 23.4 Å². The number of benzene rings is 1. The van der Waals surface area contributed by atoms with Crippen molar-refractivity contribution in [2.45, 2.75) is 20.3 Å². The van der Waals surface area contributed by atoms with E-state index < -0.39 is 0 Å². The molecule has 0 saturated heterocycles. The second kappa shape index (κ2) is 5.46. The number of carbonyl (C=O) groups excluding carboxylic acids is 1. The second-order valence-electron chi connectivity index (χ2n) is 5.68. The monoisotopic (exact) mass is 256 g/mol. The Kier molecular flexibility index (Phi) is 3.92. The van der Waals surface area contributed by atoms with Crippen molar-refractivity contribution in [2.24, 2.45) is 17.1 Å². The summed E-state index contributed by atoms with van der Waals surface area (Å²) in [6, 6.07) is 7.29. The molecule has 3 nitrogen and oxygen atoms in total. The fourth-order valence-corrected chi connectivity index (χ4v) is 2.10. The predicted octanol–water partition coefficient (Wildman–Crippen LogP) is 1.77. The summed E-state index contributed by atoms with van der Waals surface area (Å²) < 4.78 is 0. The molecule has 3 N–H and O–H groups in total. The standard InChI is InChI=1S/C16H20N2O/c1-16(2)10-14(16)11-18-15(19)13-7-5-12(6-8-13)4-3-9-17/h5-8,14H,9-11,17H2,1-2H3,(H,18,19). The fraction of sp³-hybridized carbons (Fsp3) is 0.438. The Morgan fingerprint density at radius 3 is 2.58 bits per heavy atom. The maximum Gasteiger partial charge on any atom is 0.251 e. The summed E-state index contributed by atoms with van der Waals surface area (Å²) in [6.45, 7) is 5.57. The highest BCUT2D eigenvalue weighted by molar-refractivity contribution is 5.94. The Morgan fingerprint density at radius 1 is 1.42 bits per heavy atom. The van der Waals surface area contributed by atoms with E-state index in [2.05, 4.69) is 31.0 Å². The molecule has 1 aromatic rings. The number of nitrogens with two attached hydrogens (primary N) is 1. The van der Waals surface area contributed by atoms with Crippen LogP contribution in [0.5, 0.6) is 0 Å². The van der Waals surface area contributed by atoms with E-state index in [4.69, 9.17) is 5.73 Å². The molecule has 1 atom stereocenters. The van der Waals surface area contributed by atoms with Crippen molar-refractivity contribution in [3.8, 4) is 11.8 Å². The van der Waals surface area contributed by atoms with Crippen molar-refractivity contribution in [1.29, 1.82) is 0 Å². The van der Waals surface area contributed by atoms with Gasteiger partial charge >= 0.3 is 0 Å². The van der Waals surface area contributed by atoms with Gasteiger partial charge in [0.05, 0.1) is 6.54 Å². The summed E-state index contributed by atoms with van der Waals surface area (Å²) in [5.41, 5.74) is 7.27. The highest BCUT2D eigenvalue weighted by Gasteiger charge is 2.45. The molecule has 0 aromatic heterocycles. The van der Waals surface area contributed by atoms with Gasteiger partial charge in [-0.2, -0.15) is 0 Å². The van der Waals surface area contributed by atoms with Gasteiger partial charge in [-0.3, -0.25) is 4.79 Å². The first-order valence-corrected chi connectivity index (χ1v) is 6.60. The molecule has 1 fully saturated rings. The maximum absolute atomic E-state index is 11.9. The van der Waals surface area contributed by atoms with Gasteiger partial charge in [0, 0.05) is 17.7 Å². The number of amides is 1. The second-order valence-corrected chi connectivity index (χ2v) is 5.68. The molecule has 1 aromatic carbocycles. The molecular formula is C16H20N2O. The summed E-state index contributed by atoms with van der Waals surface area (Å²) in [5, 5.41) is 2.98. The molecule has 100 valence electrons. The first-order valence-electron chi connectivity index (χ1n) is 6.60. The van der Waals surface area contributed by atoms with Crippen LogP contribution in [0, 0.1) is 23.2 Å². The van der Waals surface area contributed by atoms with E-state index in [1.165, 1.54) is 6.42 Å². The Bertz CT molecular complexity index is 520. The SMILES string of the molecule is CC1(C)CC1CNC(=O)c1ccc(C#CCN)cc1. The molecule has 1 unspecified atom stereocenters. The highest BCUT2D eigenvalue weighted by atomic mass is 16.1. The molecule has 0 bridgehead atoms. The average molecular weight is 256 g/mol. The number of carbonyl (C=O) groups is 1. The maximum atomic E-state index is 11.9. The van der Waals surface area contributed by atoms with Crippen molar-refractivity contribution in [2.75, 3.05) is 13.1 Å². The molecule has 1 saturated carbocycles. The minimum Gasteiger partial charge on any atom is -0.352 e. The van der Waals surface area contributed by atoms with Crippen LogP contribution in [0.1, 0.15) is 36.2 Å². The number of hydrogen-bond donors (Lipinski definition) is 2. The van der Waals surface area contributed by atoms with E-state index in [9.17, 15) is 4.79 Å². The first-order chi connectivity index (χ1) is 9.03. The highest BCUT2D eigenvalue weighted by Crippen LogP contribution is 2.50.